The molecule has 2 rings (SSSR count). The van der Waals surface area contributed by atoms with Crippen molar-refractivity contribution < 1.29 is 9.90 Å². The highest BCUT2D eigenvalue weighted by atomic mass is 79.9. The van der Waals surface area contributed by atoms with Crippen LogP contribution in [-0.4, -0.2) is 11.0 Å². The van der Waals surface area contributed by atoms with E-state index in [4.69, 9.17) is 0 Å². The van der Waals surface area contributed by atoms with Crippen LogP contribution < -0.4 is 5.32 Å². The second-order valence-electron chi connectivity index (χ2n) is 5.62. The Morgan fingerprint density at radius 1 is 1.09 bits per heavy atom. The van der Waals surface area contributed by atoms with E-state index in [0.29, 0.717) is 11.3 Å². The molecule has 0 heterocycles. The first-order valence-electron chi connectivity index (χ1n) is 7.99. The van der Waals surface area contributed by atoms with Gasteiger partial charge in [-0.15, -0.1) is 0 Å². The zero-order chi connectivity index (χ0) is 16.7. The zero-order valence-electron chi connectivity index (χ0n) is 13.3. The summed E-state index contributed by atoms with van der Waals surface area (Å²) in [5.41, 5.74) is 2.10. The minimum absolute atomic E-state index is 0.0110. The van der Waals surface area contributed by atoms with Crippen molar-refractivity contribution in [2.75, 3.05) is 5.32 Å². The standard InChI is InChI=1S/C19H22BrNO2/c1-2-3-4-5-6-14-7-12-18(22)17(13-14)19(23)21-16-10-8-15(20)9-11-16/h7-13,22H,2-6H2,1H3,(H,21,23). The second-order valence-corrected chi connectivity index (χ2v) is 6.54. The van der Waals surface area contributed by atoms with Gasteiger partial charge in [0.25, 0.3) is 5.91 Å². The van der Waals surface area contributed by atoms with Gasteiger partial charge in [0, 0.05) is 10.2 Å². The molecule has 2 aromatic carbocycles. The smallest absolute Gasteiger partial charge is 0.259 e. The molecule has 0 saturated heterocycles. The number of amides is 1. The number of hydrogen-bond donors (Lipinski definition) is 2. The van der Waals surface area contributed by atoms with Gasteiger partial charge in [-0.2, -0.15) is 0 Å². The fourth-order valence-electron chi connectivity index (χ4n) is 2.41. The van der Waals surface area contributed by atoms with Gasteiger partial charge in [0.1, 0.15) is 5.75 Å². The average Bonchev–Trinajstić information content (AvgIpc) is 2.55. The monoisotopic (exact) mass is 375 g/mol. The average molecular weight is 376 g/mol. The van der Waals surface area contributed by atoms with Crippen LogP contribution >= 0.6 is 15.9 Å². The molecule has 2 aromatic rings. The van der Waals surface area contributed by atoms with Gasteiger partial charge in [-0.05, 0) is 54.8 Å². The first-order valence-corrected chi connectivity index (χ1v) is 8.78. The number of phenolic OH excluding ortho intramolecular Hbond substituents is 1. The van der Waals surface area contributed by atoms with Gasteiger partial charge in [-0.3, -0.25) is 4.79 Å². The Morgan fingerprint density at radius 3 is 2.52 bits per heavy atom. The maximum Gasteiger partial charge on any atom is 0.259 e. The van der Waals surface area contributed by atoms with Crippen LogP contribution in [-0.2, 0) is 6.42 Å². The molecule has 0 saturated carbocycles. The summed E-state index contributed by atoms with van der Waals surface area (Å²) in [4.78, 5) is 12.4. The van der Waals surface area contributed by atoms with Crippen molar-refractivity contribution >= 4 is 27.5 Å². The number of unbranched alkanes of at least 4 members (excludes halogenated alkanes) is 3. The van der Waals surface area contributed by atoms with E-state index < -0.39 is 0 Å². The van der Waals surface area contributed by atoms with Crippen LogP contribution in [0.25, 0.3) is 0 Å². The Balaban J connectivity index is 2.05. The van der Waals surface area contributed by atoms with Crippen molar-refractivity contribution in [3.8, 4) is 5.75 Å². The molecule has 0 aliphatic carbocycles. The number of carbonyl (C=O) groups is 1. The van der Waals surface area contributed by atoms with Crippen molar-refractivity contribution in [1.29, 1.82) is 0 Å². The lowest BCUT2D eigenvalue weighted by Gasteiger charge is -2.09. The Bertz CT molecular complexity index is 653. The molecule has 0 atom stereocenters. The van der Waals surface area contributed by atoms with E-state index in [1.165, 1.54) is 19.3 Å². The molecule has 122 valence electrons. The van der Waals surface area contributed by atoms with E-state index >= 15 is 0 Å². The highest BCUT2D eigenvalue weighted by molar-refractivity contribution is 9.10. The van der Waals surface area contributed by atoms with Gasteiger partial charge < -0.3 is 10.4 Å². The Morgan fingerprint density at radius 2 is 1.83 bits per heavy atom. The second kappa shape index (κ2) is 8.73. The van der Waals surface area contributed by atoms with Gasteiger partial charge in [-0.25, -0.2) is 0 Å². The van der Waals surface area contributed by atoms with Gasteiger partial charge in [0.2, 0.25) is 0 Å². The van der Waals surface area contributed by atoms with Crippen molar-refractivity contribution in [2.24, 2.45) is 0 Å². The normalized spacial score (nSPS) is 10.5. The Hall–Kier alpha value is -1.81. The lowest BCUT2D eigenvalue weighted by molar-refractivity contribution is 0.102. The highest BCUT2D eigenvalue weighted by Crippen LogP contribution is 2.22. The molecule has 0 unspecified atom stereocenters. The van der Waals surface area contributed by atoms with Gasteiger partial charge >= 0.3 is 0 Å². The fourth-order valence-corrected chi connectivity index (χ4v) is 2.67. The minimum Gasteiger partial charge on any atom is -0.507 e. The first-order chi connectivity index (χ1) is 11.1. The van der Waals surface area contributed by atoms with Gasteiger partial charge in [0.05, 0.1) is 5.56 Å². The quantitative estimate of drug-likeness (QED) is 0.625. The van der Waals surface area contributed by atoms with Crippen molar-refractivity contribution in [3.63, 3.8) is 0 Å². The van der Waals surface area contributed by atoms with Crippen LogP contribution in [0.3, 0.4) is 0 Å². The summed E-state index contributed by atoms with van der Waals surface area (Å²) in [6.45, 7) is 2.19. The molecule has 0 aliphatic heterocycles. The number of phenols is 1. The predicted octanol–water partition coefficient (Wildman–Crippen LogP) is 5.53. The van der Waals surface area contributed by atoms with Crippen molar-refractivity contribution in [3.05, 3.63) is 58.1 Å². The molecule has 0 aromatic heterocycles. The van der Waals surface area contributed by atoms with Crippen molar-refractivity contribution in [1.82, 2.24) is 0 Å². The van der Waals surface area contributed by atoms with E-state index in [1.807, 2.05) is 30.3 Å². The molecule has 2 N–H and O–H groups in total. The third-order valence-corrected chi connectivity index (χ3v) is 4.26. The summed E-state index contributed by atoms with van der Waals surface area (Å²) in [6.07, 6.45) is 5.66. The highest BCUT2D eigenvalue weighted by Gasteiger charge is 2.12. The van der Waals surface area contributed by atoms with Crippen LogP contribution in [0.15, 0.2) is 46.9 Å². The summed E-state index contributed by atoms with van der Waals surface area (Å²) in [5.74, 6) is -0.280. The van der Waals surface area contributed by atoms with Gasteiger partial charge in [0.15, 0.2) is 0 Å². The van der Waals surface area contributed by atoms with Crippen LogP contribution in [0, 0.1) is 0 Å². The molecule has 3 nitrogen and oxygen atoms in total. The minimum atomic E-state index is -0.291. The number of aromatic hydroxyl groups is 1. The van der Waals surface area contributed by atoms with Crippen molar-refractivity contribution in [2.45, 2.75) is 39.0 Å². The Labute approximate surface area is 145 Å². The predicted molar refractivity (Wildman–Crippen MR) is 98.0 cm³/mol. The van der Waals surface area contributed by atoms with Crippen LogP contribution in [0.2, 0.25) is 0 Å². The van der Waals surface area contributed by atoms with E-state index in [0.717, 1.165) is 22.9 Å². The largest absolute Gasteiger partial charge is 0.507 e. The van der Waals surface area contributed by atoms with E-state index in [9.17, 15) is 9.90 Å². The number of aryl methyl sites for hydroxylation is 1. The third-order valence-electron chi connectivity index (χ3n) is 3.73. The van der Waals surface area contributed by atoms with Crippen LogP contribution in [0.5, 0.6) is 5.75 Å². The third kappa shape index (κ3) is 5.39. The van der Waals surface area contributed by atoms with E-state index in [2.05, 4.69) is 28.2 Å². The van der Waals surface area contributed by atoms with Gasteiger partial charge in [-0.1, -0.05) is 48.2 Å². The summed E-state index contributed by atoms with van der Waals surface area (Å²) >= 11 is 3.36. The molecule has 1 amide bonds. The number of nitrogens with one attached hydrogen (secondary N) is 1. The topological polar surface area (TPSA) is 49.3 Å². The number of anilines is 1. The maximum atomic E-state index is 12.4. The molecule has 0 radical (unpaired) electrons. The summed E-state index contributed by atoms with van der Waals surface area (Å²) < 4.78 is 0.951. The fraction of sp³-hybridized carbons (Fsp3) is 0.316. The molecule has 0 aliphatic rings. The number of carbonyl (C=O) groups excluding carboxylic acids is 1. The Kier molecular flexibility index (Phi) is 6.66. The number of benzene rings is 2. The SMILES string of the molecule is CCCCCCc1ccc(O)c(C(=O)Nc2ccc(Br)cc2)c1. The molecule has 0 bridgehead atoms. The summed E-state index contributed by atoms with van der Waals surface area (Å²) in [6, 6.07) is 12.6. The van der Waals surface area contributed by atoms with E-state index in [1.54, 1.807) is 12.1 Å². The summed E-state index contributed by atoms with van der Waals surface area (Å²) in [5, 5.41) is 12.8. The maximum absolute atomic E-state index is 12.4. The molecular formula is C19H22BrNO2. The number of halogens is 1. The lowest BCUT2D eigenvalue weighted by atomic mass is 10.0. The molecular weight excluding hydrogens is 354 g/mol. The molecule has 0 fully saturated rings. The molecule has 23 heavy (non-hydrogen) atoms. The number of hydrogen-bond acceptors (Lipinski definition) is 2. The molecule has 4 heteroatoms. The first kappa shape index (κ1) is 17.5. The zero-order valence-corrected chi connectivity index (χ0v) is 14.9. The van der Waals surface area contributed by atoms with Crippen LogP contribution in [0.1, 0.15) is 48.5 Å². The van der Waals surface area contributed by atoms with Crippen LogP contribution in [0.4, 0.5) is 5.69 Å². The summed E-state index contributed by atoms with van der Waals surface area (Å²) in [7, 11) is 0. The number of rotatable bonds is 7. The molecule has 0 spiro atoms. The van der Waals surface area contributed by atoms with E-state index in [-0.39, 0.29) is 11.7 Å². The lowest BCUT2D eigenvalue weighted by Crippen LogP contribution is -2.12.